The third-order valence-electron chi connectivity index (χ3n) is 2.12. The quantitative estimate of drug-likeness (QED) is 0.314. The van der Waals surface area contributed by atoms with Crippen LogP contribution in [0.1, 0.15) is 6.42 Å². The fourth-order valence-corrected chi connectivity index (χ4v) is 1.16. The first-order valence-electron chi connectivity index (χ1n) is 3.75. The van der Waals surface area contributed by atoms with E-state index in [0.29, 0.717) is 0 Å². The fraction of sp³-hybridized carbons (Fsp3) is 0.750. The minimum absolute atomic E-state index is 0. The van der Waals surface area contributed by atoms with E-state index in [2.05, 4.69) is 20.2 Å². The van der Waals surface area contributed by atoms with E-state index in [1.54, 1.807) is 0 Å². The number of aliphatic hydroxyl groups is 1. The summed E-state index contributed by atoms with van der Waals surface area (Å²) in [5.41, 5.74) is 1.21. The van der Waals surface area contributed by atoms with Gasteiger partial charge in [-0.2, -0.15) is 0 Å². The first kappa shape index (κ1) is 11.4. The first-order valence-corrected chi connectivity index (χ1v) is 3.75. The van der Waals surface area contributed by atoms with Crippen LogP contribution < -0.4 is 24.0 Å². The normalized spacial score (nSPS) is 21.9. The molecule has 0 aromatic carbocycles. The zero-order chi connectivity index (χ0) is 7.61. The molecule has 0 spiro atoms. The molecule has 1 N–H and O–H groups in total. The van der Waals surface area contributed by atoms with E-state index in [1.807, 2.05) is 0 Å². The Balaban J connectivity index is 0.000001000. The molecule has 2 nitrogen and oxygen atoms in total. The number of hydrogen-bond donors (Lipinski definition) is 1. The number of aliphatic hydroxyl groups excluding tert-OH is 1. The number of rotatable bonds is 1. The molecule has 0 atom stereocenters. The van der Waals surface area contributed by atoms with Gasteiger partial charge in [0, 0.05) is 6.42 Å². The molecule has 0 aliphatic carbocycles. The average Bonchev–Trinajstić information content (AvgIpc) is 1.88. The first-order chi connectivity index (χ1) is 4.64. The Labute approximate surface area is 85.5 Å². The molecule has 1 aliphatic rings. The minimum Gasteiger partial charge on any atom is -1.00 e. The van der Waals surface area contributed by atoms with E-state index in [0.717, 1.165) is 24.0 Å². The number of likely N-dealkylation sites (N-methyl/N-ethyl adjacent to an activating group) is 1. The smallest absolute Gasteiger partial charge is 0.0973 e. The topological polar surface area (TPSA) is 20.2 Å². The number of halogens is 1. The van der Waals surface area contributed by atoms with Crippen molar-refractivity contribution in [1.82, 2.24) is 0 Å². The molecule has 0 unspecified atom stereocenters. The fourth-order valence-electron chi connectivity index (χ4n) is 1.16. The summed E-state index contributed by atoms with van der Waals surface area (Å²) in [6, 6.07) is 0. The highest BCUT2D eigenvalue weighted by Gasteiger charge is 2.18. The van der Waals surface area contributed by atoms with Crippen molar-refractivity contribution in [3.05, 3.63) is 11.6 Å². The monoisotopic (exact) mass is 269 g/mol. The number of nitrogens with zero attached hydrogens (tertiary/aromatic N) is 1. The van der Waals surface area contributed by atoms with E-state index in [1.165, 1.54) is 5.57 Å². The Morgan fingerprint density at radius 3 is 2.55 bits per heavy atom. The Kier molecular flexibility index (Phi) is 4.58. The number of quaternary nitrogens is 1. The van der Waals surface area contributed by atoms with Crippen molar-refractivity contribution < 1.29 is 33.6 Å². The van der Waals surface area contributed by atoms with E-state index in [9.17, 15) is 0 Å². The van der Waals surface area contributed by atoms with Crippen molar-refractivity contribution in [2.24, 2.45) is 0 Å². The maximum atomic E-state index is 8.79. The van der Waals surface area contributed by atoms with Crippen LogP contribution in [0.15, 0.2) is 11.6 Å². The summed E-state index contributed by atoms with van der Waals surface area (Å²) < 4.78 is 1.06. The van der Waals surface area contributed by atoms with Crippen LogP contribution in [0.5, 0.6) is 0 Å². The second kappa shape index (κ2) is 4.42. The SMILES string of the molecule is C[N+]1(C)CC=C(CO)CC1.[I-]. The van der Waals surface area contributed by atoms with E-state index < -0.39 is 0 Å². The molecule has 1 rings (SSSR count). The van der Waals surface area contributed by atoms with Crippen molar-refractivity contribution in [3.8, 4) is 0 Å². The third-order valence-corrected chi connectivity index (χ3v) is 2.12. The Morgan fingerprint density at radius 1 is 1.55 bits per heavy atom. The van der Waals surface area contributed by atoms with Gasteiger partial charge in [0.05, 0.1) is 33.8 Å². The van der Waals surface area contributed by atoms with Crippen molar-refractivity contribution in [1.29, 1.82) is 0 Å². The molecule has 0 fully saturated rings. The molecular weight excluding hydrogens is 253 g/mol. The summed E-state index contributed by atoms with van der Waals surface area (Å²) in [6.45, 7) is 2.47. The third kappa shape index (κ3) is 3.53. The van der Waals surface area contributed by atoms with Gasteiger partial charge in [-0.05, 0) is 11.6 Å². The van der Waals surface area contributed by atoms with Crippen molar-refractivity contribution in [2.45, 2.75) is 6.42 Å². The summed E-state index contributed by atoms with van der Waals surface area (Å²) in [5, 5.41) is 8.79. The summed E-state index contributed by atoms with van der Waals surface area (Å²) in [6.07, 6.45) is 3.22. The molecule has 0 saturated heterocycles. The molecule has 66 valence electrons. The maximum Gasteiger partial charge on any atom is 0.0973 e. The van der Waals surface area contributed by atoms with Crippen LogP contribution in [0.2, 0.25) is 0 Å². The standard InChI is InChI=1S/C8H16NO.HI/c1-9(2)5-3-8(7-10)4-6-9;/h3,10H,4-7H2,1-2H3;1H/q+1;/p-1. The lowest BCUT2D eigenvalue weighted by Crippen LogP contribution is -3.00. The summed E-state index contributed by atoms with van der Waals surface area (Å²) in [7, 11) is 4.43. The molecule has 0 amide bonds. The zero-order valence-electron chi connectivity index (χ0n) is 7.18. The molecule has 0 aromatic rings. The molecular formula is C8H16INO. The zero-order valence-corrected chi connectivity index (χ0v) is 9.34. The van der Waals surface area contributed by atoms with Gasteiger partial charge < -0.3 is 33.6 Å². The van der Waals surface area contributed by atoms with Gasteiger partial charge >= 0.3 is 0 Å². The van der Waals surface area contributed by atoms with Gasteiger partial charge in [0.2, 0.25) is 0 Å². The van der Waals surface area contributed by atoms with E-state index >= 15 is 0 Å². The van der Waals surface area contributed by atoms with Crippen LogP contribution in [-0.2, 0) is 0 Å². The van der Waals surface area contributed by atoms with Gasteiger partial charge in [0.1, 0.15) is 0 Å². The van der Waals surface area contributed by atoms with Crippen molar-refractivity contribution in [2.75, 3.05) is 33.8 Å². The van der Waals surface area contributed by atoms with Gasteiger partial charge in [-0.3, -0.25) is 0 Å². The van der Waals surface area contributed by atoms with Gasteiger partial charge in [0.25, 0.3) is 0 Å². The van der Waals surface area contributed by atoms with Gasteiger partial charge in [0.15, 0.2) is 0 Å². The van der Waals surface area contributed by atoms with Crippen molar-refractivity contribution in [3.63, 3.8) is 0 Å². The molecule has 0 bridgehead atoms. The predicted octanol–water partition coefficient (Wildman–Crippen LogP) is -2.61. The summed E-state index contributed by atoms with van der Waals surface area (Å²) in [5.74, 6) is 0. The second-order valence-corrected chi connectivity index (χ2v) is 3.61. The molecule has 0 saturated carbocycles. The van der Waals surface area contributed by atoms with Crippen LogP contribution >= 0.6 is 0 Å². The van der Waals surface area contributed by atoms with Crippen LogP contribution in [-0.4, -0.2) is 43.4 Å². The largest absolute Gasteiger partial charge is 1.00 e. The minimum atomic E-state index is 0. The van der Waals surface area contributed by atoms with Gasteiger partial charge in [-0.1, -0.05) is 0 Å². The Morgan fingerprint density at radius 2 is 2.18 bits per heavy atom. The molecule has 0 radical (unpaired) electrons. The summed E-state index contributed by atoms with van der Waals surface area (Å²) in [4.78, 5) is 0. The second-order valence-electron chi connectivity index (χ2n) is 3.61. The lowest BCUT2D eigenvalue weighted by molar-refractivity contribution is -0.886. The van der Waals surface area contributed by atoms with Crippen LogP contribution in [0.3, 0.4) is 0 Å². The van der Waals surface area contributed by atoms with Gasteiger partial charge in [-0.25, -0.2) is 0 Å². The van der Waals surface area contributed by atoms with Crippen LogP contribution in [0.4, 0.5) is 0 Å². The highest BCUT2D eigenvalue weighted by Crippen LogP contribution is 2.12. The van der Waals surface area contributed by atoms with E-state index in [4.69, 9.17) is 5.11 Å². The average molecular weight is 269 g/mol. The lowest BCUT2D eigenvalue weighted by atomic mass is 10.1. The van der Waals surface area contributed by atoms with Crippen LogP contribution in [0.25, 0.3) is 0 Å². The van der Waals surface area contributed by atoms with Crippen molar-refractivity contribution >= 4 is 0 Å². The number of hydrogen-bond acceptors (Lipinski definition) is 1. The molecule has 1 aliphatic heterocycles. The highest BCUT2D eigenvalue weighted by atomic mass is 127. The molecule has 11 heavy (non-hydrogen) atoms. The van der Waals surface area contributed by atoms with Gasteiger partial charge in [-0.15, -0.1) is 0 Å². The predicted molar refractivity (Wildman–Crippen MR) is 41.6 cm³/mol. The van der Waals surface area contributed by atoms with Crippen LogP contribution in [0, 0.1) is 0 Å². The Hall–Kier alpha value is 0.390. The molecule has 3 heteroatoms. The highest BCUT2D eigenvalue weighted by molar-refractivity contribution is 5.04. The Bertz CT molecular complexity index is 154. The molecule has 0 aromatic heterocycles. The maximum absolute atomic E-state index is 8.79. The summed E-state index contributed by atoms with van der Waals surface area (Å²) >= 11 is 0. The molecule has 1 heterocycles. The lowest BCUT2D eigenvalue weighted by Gasteiger charge is -2.32. The van der Waals surface area contributed by atoms with E-state index in [-0.39, 0.29) is 30.6 Å².